The molecule has 1 amide bonds. The molecule has 136 valence electrons. The van der Waals surface area contributed by atoms with Crippen LogP contribution in [-0.4, -0.2) is 44.9 Å². The third-order valence-electron chi connectivity index (χ3n) is 3.75. The number of nitrogens with zero attached hydrogens (tertiary/aromatic N) is 2. The molecule has 0 radical (unpaired) electrons. The Balaban J connectivity index is 1.77. The van der Waals surface area contributed by atoms with Crippen molar-refractivity contribution in [2.75, 3.05) is 38.9 Å². The average Bonchev–Trinajstić information content (AvgIpc) is 3.10. The van der Waals surface area contributed by atoms with Crippen LogP contribution in [0.5, 0.6) is 11.5 Å². The highest BCUT2D eigenvalue weighted by atomic mass is 32.1. The molecule has 0 unspecified atom stereocenters. The Labute approximate surface area is 155 Å². The van der Waals surface area contributed by atoms with Crippen molar-refractivity contribution < 1.29 is 19.0 Å². The lowest BCUT2D eigenvalue weighted by Gasteiger charge is -2.20. The van der Waals surface area contributed by atoms with Crippen molar-refractivity contribution in [3.63, 3.8) is 0 Å². The molecule has 0 aliphatic carbocycles. The van der Waals surface area contributed by atoms with Crippen LogP contribution in [0.3, 0.4) is 0 Å². The van der Waals surface area contributed by atoms with Crippen LogP contribution in [0.4, 0.5) is 5.13 Å². The summed E-state index contributed by atoms with van der Waals surface area (Å²) in [5, 5.41) is 0.636. The number of hydrogen-bond acceptors (Lipinski definition) is 6. The fourth-order valence-electron chi connectivity index (χ4n) is 2.44. The van der Waals surface area contributed by atoms with E-state index in [9.17, 15) is 4.79 Å². The van der Waals surface area contributed by atoms with Gasteiger partial charge in [-0.15, -0.1) is 0 Å². The van der Waals surface area contributed by atoms with E-state index in [1.165, 1.54) is 11.3 Å². The number of benzene rings is 2. The predicted octanol–water partition coefficient (Wildman–Crippen LogP) is 3.36. The number of methoxy groups -OCH3 is 2. The van der Waals surface area contributed by atoms with Crippen molar-refractivity contribution in [1.82, 2.24) is 4.98 Å². The van der Waals surface area contributed by atoms with Gasteiger partial charge in [-0.1, -0.05) is 35.6 Å². The maximum absolute atomic E-state index is 12.8. The van der Waals surface area contributed by atoms with Gasteiger partial charge in [-0.2, -0.15) is 0 Å². The summed E-state index contributed by atoms with van der Waals surface area (Å²) in [5.74, 6) is 0.926. The Morgan fingerprint density at radius 3 is 2.54 bits per heavy atom. The Morgan fingerprint density at radius 1 is 1.08 bits per heavy atom. The average molecular weight is 372 g/mol. The first kappa shape index (κ1) is 18.2. The van der Waals surface area contributed by atoms with Gasteiger partial charge in [0.15, 0.2) is 23.2 Å². The summed E-state index contributed by atoms with van der Waals surface area (Å²) in [6, 6.07) is 15.0. The van der Waals surface area contributed by atoms with Crippen molar-refractivity contribution >= 4 is 32.6 Å². The summed E-state index contributed by atoms with van der Waals surface area (Å²) in [6.07, 6.45) is 0. The van der Waals surface area contributed by atoms with E-state index in [0.717, 1.165) is 10.2 Å². The maximum atomic E-state index is 12.8. The zero-order valence-electron chi connectivity index (χ0n) is 14.7. The van der Waals surface area contributed by atoms with E-state index in [1.807, 2.05) is 36.4 Å². The Kier molecular flexibility index (Phi) is 6.04. The number of fused-ring (bicyclic) bond motifs is 1. The first-order chi connectivity index (χ1) is 12.7. The summed E-state index contributed by atoms with van der Waals surface area (Å²) >= 11 is 1.47. The second-order valence-electron chi connectivity index (χ2n) is 5.44. The van der Waals surface area contributed by atoms with Crippen LogP contribution in [-0.2, 0) is 9.53 Å². The molecule has 6 nitrogen and oxygen atoms in total. The van der Waals surface area contributed by atoms with E-state index in [4.69, 9.17) is 14.2 Å². The molecule has 0 spiro atoms. The van der Waals surface area contributed by atoms with Crippen molar-refractivity contribution in [1.29, 1.82) is 0 Å². The third-order valence-corrected chi connectivity index (χ3v) is 4.81. The van der Waals surface area contributed by atoms with Crippen LogP contribution in [0.25, 0.3) is 10.2 Å². The minimum absolute atomic E-state index is 0.111. The highest BCUT2D eigenvalue weighted by molar-refractivity contribution is 7.22. The number of carbonyl (C=O) groups is 1. The monoisotopic (exact) mass is 372 g/mol. The molecule has 0 atom stereocenters. The van der Waals surface area contributed by atoms with E-state index < -0.39 is 0 Å². The standard InChI is InChI=1S/C19H20N2O4S/c1-23-12-11-21(19-20-14-7-3-6-10-17(14)26-19)18(22)13-25-16-9-5-4-8-15(16)24-2/h3-10H,11-13H2,1-2H3. The Morgan fingerprint density at radius 2 is 1.81 bits per heavy atom. The number of carbonyl (C=O) groups excluding carboxylic acids is 1. The van der Waals surface area contributed by atoms with Crippen molar-refractivity contribution in [3.8, 4) is 11.5 Å². The number of ether oxygens (including phenoxy) is 3. The molecule has 7 heteroatoms. The van der Waals surface area contributed by atoms with Crippen molar-refractivity contribution in [2.24, 2.45) is 0 Å². The third kappa shape index (κ3) is 4.12. The summed E-state index contributed by atoms with van der Waals surface area (Å²) < 4.78 is 17.1. The molecule has 1 aromatic heterocycles. The molecule has 3 aromatic rings. The lowest BCUT2D eigenvalue weighted by atomic mass is 10.3. The van der Waals surface area contributed by atoms with Gasteiger partial charge in [0, 0.05) is 7.11 Å². The van der Waals surface area contributed by atoms with Gasteiger partial charge in [0.25, 0.3) is 5.91 Å². The van der Waals surface area contributed by atoms with Crippen molar-refractivity contribution in [3.05, 3.63) is 48.5 Å². The minimum Gasteiger partial charge on any atom is -0.493 e. The number of anilines is 1. The molecule has 2 aromatic carbocycles. The highest BCUT2D eigenvalue weighted by Crippen LogP contribution is 2.29. The lowest BCUT2D eigenvalue weighted by Crippen LogP contribution is -2.37. The SMILES string of the molecule is COCCN(C(=O)COc1ccccc1OC)c1nc2ccccc2s1. The normalized spacial score (nSPS) is 10.7. The largest absolute Gasteiger partial charge is 0.493 e. The number of thiazole rings is 1. The number of aromatic nitrogens is 1. The van der Waals surface area contributed by atoms with Gasteiger partial charge in [0.05, 0.1) is 30.5 Å². The van der Waals surface area contributed by atoms with E-state index in [2.05, 4.69) is 4.98 Å². The van der Waals surface area contributed by atoms with Crippen LogP contribution in [0.2, 0.25) is 0 Å². The fourth-order valence-corrected chi connectivity index (χ4v) is 3.45. The van der Waals surface area contributed by atoms with Gasteiger partial charge in [0.2, 0.25) is 0 Å². The molecule has 0 saturated heterocycles. The summed E-state index contributed by atoms with van der Waals surface area (Å²) in [5.41, 5.74) is 0.869. The van der Waals surface area contributed by atoms with E-state index in [-0.39, 0.29) is 12.5 Å². The molecule has 3 rings (SSSR count). The van der Waals surface area contributed by atoms with E-state index >= 15 is 0 Å². The van der Waals surface area contributed by atoms with Crippen LogP contribution in [0.15, 0.2) is 48.5 Å². The molecule has 0 aliphatic heterocycles. The first-order valence-electron chi connectivity index (χ1n) is 8.13. The zero-order chi connectivity index (χ0) is 18.4. The van der Waals surface area contributed by atoms with Crippen LogP contribution in [0.1, 0.15) is 0 Å². The molecule has 26 heavy (non-hydrogen) atoms. The van der Waals surface area contributed by atoms with Crippen LogP contribution in [0, 0.1) is 0 Å². The van der Waals surface area contributed by atoms with Gasteiger partial charge in [-0.3, -0.25) is 9.69 Å². The molecule has 0 N–H and O–H groups in total. The number of para-hydroxylation sites is 3. The highest BCUT2D eigenvalue weighted by Gasteiger charge is 2.20. The van der Waals surface area contributed by atoms with Gasteiger partial charge < -0.3 is 14.2 Å². The van der Waals surface area contributed by atoms with Gasteiger partial charge in [-0.05, 0) is 24.3 Å². The second kappa shape index (κ2) is 8.64. The topological polar surface area (TPSA) is 60.9 Å². The van der Waals surface area contributed by atoms with Crippen LogP contribution < -0.4 is 14.4 Å². The smallest absolute Gasteiger partial charge is 0.266 e. The second-order valence-corrected chi connectivity index (χ2v) is 6.45. The number of amides is 1. The van der Waals surface area contributed by atoms with Gasteiger partial charge in [0.1, 0.15) is 0 Å². The molecule has 0 bridgehead atoms. The Bertz CT molecular complexity index is 848. The molecule has 0 saturated carbocycles. The fraction of sp³-hybridized carbons (Fsp3) is 0.263. The van der Waals surface area contributed by atoms with Gasteiger partial charge in [-0.25, -0.2) is 4.98 Å². The van der Waals surface area contributed by atoms with Gasteiger partial charge >= 0.3 is 0 Å². The lowest BCUT2D eigenvalue weighted by molar-refractivity contribution is -0.120. The molecule has 0 aliphatic rings. The van der Waals surface area contributed by atoms with Crippen LogP contribution >= 0.6 is 11.3 Å². The zero-order valence-corrected chi connectivity index (χ0v) is 15.5. The molecular formula is C19H20N2O4S. The molecular weight excluding hydrogens is 352 g/mol. The molecule has 0 fully saturated rings. The van der Waals surface area contributed by atoms with E-state index in [0.29, 0.717) is 29.8 Å². The predicted molar refractivity (Wildman–Crippen MR) is 102 cm³/mol. The van der Waals surface area contributed by atoms with Crippen molar-refractivity contribution in [2.45, 2.75) is 0 Å². The summed E-state index contributed by atoms with van der Waals surface area (Å²) in [7, 11) is 3.17. The number of rotatable bonds is 8. The Hall–Kier alpha value is -2.64. The number of hydrogen-bond donors (Lipinski definition) is 0. The summed E-state index contributed by atoms with van der Waals surface area (Å²) in [6.45, 7) is 0.709. The quantitative estimate of drug-likeness (QED) is 0.607. The minimum atomic E-state index is -0.188. The van der Waals surface area contributed by atoms with E-state index in [1.54, 1.807) is 31.3 Å². The molecule has 1 heterocycles. The maximum Gasteiger partial charge on any atom is 0.266 e. The first-order valence-corrected chi connectivity index (χ1v) is 8.95. The summed E-state index contributed by atoms with van der Waals surface area (Å²) in [4.78, 5) is 18.9.